The van der Waals surface area contributed by atoms with Gasteiger partial charge in [0.1, 0.15) is 5.56 Å². The molecule has 0 saturated carbocycles. The van der Waals surface area contributed by atoms with E-state index in [2.05, 4.69) is 10.3 Å². The summed E-state index contributed by atoms with van der Waals surface area (Å²) < 4.78 is 2.47. The predicted octanol–water partition coefficient (Wildman–Crippen LogP) is 2.05. The van der Waals surface area contributed by atoms with E-state index in [0.29, 0.717) is 4.96 Å². The summed E-state index contributed by atoms with van der Waals surface area (Å²) in [6, 6.07) is 7.53. The zero-order valence-electron chi connectivity index (χ0n) is 11.1. The summed E-state index contributed by atoms with van der Waals surface area (Å²) in [6.07, 6.45) is 1.35. The van der Waals surface area contributed by atoms with Gasteiger partial charge in [0.15, 0.2) is 4.96 Å². The van der Waals surface area contributed by atoms with Crippen LogP contribution in [0.1, 0.15) is 24.2 Å². The maximum Gasteiger partial charge on any atom is 0.271 e. The van der Waals surface area contributed by atoms with Crippen molar-refractivity contribution >= 4 is 32.4 Å². The molecule has 0 radical (unpaired) electrons. The van der Waals surface area contributed by atoms with Gasteiger partial charge in [0, 0.05) is 12.2 Å². The third kappa shape index (κ3) is 1.98. The van der Waals surface area contributed by atoms with Gasteiger partial charge in [-0.15, -0.1) is 0 Å². The summed E-state index contributed by atoms with van der Waals surface area (Å²) in [4.78, 5) is 29.3. The fourth-order valence-electron chi connectivity index (χ4n) is 2.05. The van der Waals surface area contributed by atoms with Gasteiger partial charge < -0.3 is 5.32 Å². The highest BCUT2D eigenvalue weighted by Crippen LogP contribution is 2.23. The first-order valence-corrected chi connectivity index (χ1v) is 7.10. The first kappa shape index (κ1) is 12.8. The lowest BCUT2D eigenvalue weighted by Gasteiger charge is -2.07. The second-order valence-corrected chi connectivity index (χ2v) is 5.80. The van der Waals surface area contributed by atoms with Crippen molar-refractivity contribution in [3.05, 3.63) is 46.4 Å². The Hall–Kier alpha value is -2.21. The minimum atomic E-state index is -0.387. The molecule has 1 aromatic carbocycles. The zero-order valence-corrected chi connectivity index (χ0v) is 11.9. The Labute approximate surface area is 118 Å². The number of aromatic nitrogens is 2. The highest BCUT2D eigenvalue weighted by atomic mass is 32.1. The van der Waals surface area contributed by atoms with Gasteiger partial charge in [0.25, 0.3) is 11.5 Å². The number of thiazole rings is 1. The second kappa shape index (κ2) is 4.72. The van der Waals surface area contributed by atoms with Crippen LogP contribution in [0, 0.1) is 0 Å². The van der Waals surface area contributed by atoms with E-state index in [1.54, 1.807) is 0 Å². The van der Waals surface area contributed by atoms with E-state index < -0.39 is 0 Å². The monoisotopic (exact) mass is 287 g/mol. The first-order valence-electron chi connectivity index (χ1n) is 6.28. The molecule has 1 amide bonds. The molecule has 0 aliphatic heterocycles. The van der Waals surface area contributed by atoms with Crippen molar-refractivity contribution < 1.29 is 4.79 Å². The summed E-state index contributed by atoms with van der Waals surface area (Å²) in [6.45, 7) is 3.70. The molecule has 20 heavy (non-hydrogen) atoms. The minimum Gasteiger partial charge on any atom is -0.350 e. The summed E-state index contributed by atoms with van der Waals surface area (Å²) in [5.41, 5.74) is 0.523. The van der Waals surface area contributed by atoms with Gasteiger partial charge in [0.05, 0.1) is 10.2 Å². The molecule has 0 fully saturated rings. The minimum absolute atomic E-state index is 0.0261. The molecule has 0 atom stereocenters. The van der Waals surface area contributed by atoms with Crippen molar-refractivity contribution in [2.75, 3.05) is 0 Å². The van der Waals surface area contributed by atoms with Gasteiger partial charge in [-0.25, -0.2) is 4.98 Å². The summed E-state index contributed by atoms with van der Waals surface area (Å²) >= 11 is 1.43. The summed E-state index contributed by atoms with van der Waals surface area (Å²) in [5, 5.41) is 2.72. The molecular formula is C14H13N3O2S. The number of fused-ring (bicyclic) bond motifs is 3. The van der Waals surface area contributed by atoms with Crippen molar-refractivity contribution in [1.29, 1.82) is 0 Å². The molecule has 0 aliphatic carbocycles. The van der Waals surface area contributed by atoms with E-state index in [0.717, 1.165) is 10.2 Å². The lowest BCUT2D eigenvalue weighted by Crippen LogP contribution is -2.35. The standard InChI is InChI=1S/C14H13N3O2S/c1-8(2)16-12(18)9-7-15-14-17(13(9)19)10-5-3-4-6-11(10)20-14/h3-8H,1-2H3,(H,16,18). The molecule has 5 nitrogen and oxygen atoms in total. The Kier molecular flexibility index (Phi) is 3.02. The molecule has 2 aromatic heterocycles. The number of carbonyl (C=O) groups is 1. The van der Waals surface area contributed by atoms with Gasteiger partial charge in [-0.2, -0.15) is 0 Å². The average molecular weight is 287 g/mol. The van der Waals surface area contributed by atoms with Crippen molar-refractivity contribution in [2.24, 2.45) is 0 Å². The average Bonchev–Trinajstić information content (AvgIpc) is 2.77. The van der Waals surface area contributed by atoms with Crippen LogP contribution in [0.2, 0.25) is 0 Å². The number of hydrogen-bond donors (Lipinski definition) is 1. The maximum atomic E-state index is 12.5. The van der Waals surface area contributed by atoms with Crippen LogP contribution in [-0.4, -0.2) is 21.3 Å². The zero-order chi connectivity index (χ0) is 14.3. The first-order chi connectivity index (χ1) is 9.58. The number of carbonyl (C=O) groups excluding carboxylic acids is 1. The van der Waals surface area contributed by atoms with Gasteiger partial charge >= 0.3 is 0 Å². The third-order valence-corrected chi connectivity index (χ3v) is 3.94. The van der Waals surface area contributed by atoms with Crippen molar-refractivity contribution in [2.45, 2.75) is 19.9 Å². The van der Waals surface area contributed by atoms with Crippen LogP contribution in [0.15, 0.2) is 35.3 Å². The molecule has 2 heterocycles. The maximum absolute atomic E-state index is 12.5. The second-order valence-electron chi connectivity index (χ2n) is 4.79. The molecule has 0 aliphatic rings. The van der Waals surface area contributed by atoms with E-state index in [1.807, 2.05) is 38.1 Å². The summed E-state index contributed by atoms with van der Waals surface area (Å²) in [7, 11) is 0. The Morgan fingerprint density at radius 2 is 2.10 bits per heavy atom. The molecule has 0 unspecified atom stereocenters. The van der Waals surface area contributed by atoms with Crippen LogP contribution in [0.4, 0.5) is 0 Å². The van der Waals surface area contributed by atoms with Gasteiger partial charge in [-0.1, -0.05) is 23.5 Å². The number of amides is 1. The van der Waals surface area contributed by atoms with Crippen LogP contribution < -0.4 is 10.9 Å². The number of nitrogens with zero attached hydrogens (tertiary/aromatic N) is 2. The third-order valence-electron chi connectivity index (χ3n) is 2.90. The molecule has 102 valence electrons. The van der Waals surface area contributed by atoms with E-state index >= 15 is 0 Å². The van der Waals surface area contributed by atoms with E-state index in [4.69, 9.17) is 0 Å². The largest absolute Gasteiger partial charge is 0.350 e. The molecule has 3 rings (SSSR count). The van der Waals surface area contributed by atoms with Gasteiger partial charge in [-0.3, -0.25) is 14.0 Å². The van der Waals surface area contributed by atoms with Gasteiger partial charge in [-0.05, 0) is 26.0 Å². The van der Waals surface area contributed by atoms with Crippen molar-refractivity contribution in [3.63, 3.8) is 0 Å². The normalized spacial score (nSPS) is 11.3. The lowest BCUT2D eigenvalue weighted by molar-refractivity contribution is 0.0941. The SMILES string of the molecule is CC(C)NC(=O)c1cnc2sc3ccccc3n2c1=O. The number of rotatable bonds is 2. The lowest BCUT2D eigenvalue weighted by atomic mass is 10.2. The molecule has 1 N–H and O–H groups in total. The van der Waals surface area contributed by atoms with E-state index in [1.165, 1.54) is 21.9 Å². The molecule has 0 spiro atoms. The smallest absolute Gasteiger partial charge is 0.271 e. The van der Waals surface area contributed by atoms with E-state index in [9.17, 15) is 9.59 Å². The van der Waals surface area contributed by atoms with E-state index in [-0.39, 0.29) is 23.1 Å². The number of benzene rings is 1. The highest BCUT2D eigenvalue weighted by molar-refractivity contribution is 7.23. The highest BCUT2D eigenvalue weighted by Gasteiger charge is 2.16. The Morgan fingerprint density at radius 1 is 1.35 bits per heavy atom. The number of nitrogens with one attached hydrogen (secondary N) is 1. The van der Waals surface area contributed by atoms with Crippen LogP contribution >= 0.6 is 11.3 Å². The predicted molar refractivity (Wildman–Crippen MR) is 79.4 cm³/mol. The fraction of sp³-hybridized carbons (Fsp3) is 0.214. The van der Waals surface area contributed by atoms with Crippen molar-refractivity contribution in [1.82, 2.24) is 14.7 Å². The van der Waals surface area contributed by atoms with Crippen LogP contribution in [0.25, 0.3) is 15.2 Å². The molecule has 0 bridgehead atoms. The topological polar surface area (TPSA) is 63.5 Å². The number of hydrogen-bond acceptors (Lipinski definition) is 4. The molecule has 6 heteroatoms. The van der Waals surface area contributed by atoms with Crippen LogP contribution in [-0.2, 0) is 0 Å². The Morgan fingerprint density at radius 3 is 2.85 bits per heavy atom. The van der Waals surface area contributed by atoms with Crippen LogP contribution in [0.5, 0.6) is 0 Å². The molecule has 0 saturated heterocycles. The van der Waals surface area contributed by atoms with Gasteiger partial charge in [0.2, 0.25) is 0 Å². The summed E-state index contributed by atoms with van der Waals surface area (Å²) in [5.74, 6) is -0.387. The Bertz CT molecular complexity index is 864. The van der Waals surface area contributed by atoms with Crippen molar-refractivity contribution in [3.8, 4) is 0 Å². The quantitative estimate of drug-likeness (QED) is 0.784. The Balaban J connectivity index is 2.27. The van der Waals surface area contributed by atoms with Crippen LogP contribution in [0.3, 0.4) is 0 Å². The fourth-order valence-corrected chi connectivity index (χ4v) is 3.03. The molecular weight excluding hydrogens is 274 g/mol. The molecule has 3 aromatic rings. The number of para-hydroxylation sites is 1.